The minimum atomic E-state index is -0.360. The Morgan fingerprint density at radius 1 is 0.639 bits per heavy atom. The maximum absolute atomic E-state index is 6.22. The highest BCUT2D eigenvalue weighted by molar-refractivity contribution is 6.62. The fraction of sp³-hybridized carbons (Fsp3) is 0.194. The van der Waals surface area contributed by atoms with E-state index in [-0.39, 0.29) is 18.3 Å². The second kappa shape index (κ2) is 8.47. The van der Waals surface area contributed by atoms with Crippen LogP contribution >= 0.6 is 0 Å². The molecule has 1 aliphatic heterocycles. The van der Waals surface area contributed by atoms with E-state index < -0.39 is 0 Å². The van der Waals surface area contributed by atoms with Crippen LogP contribution in [0, 0.1) is 0 Å². The molecule has 0 amide bonds. The molecule has 0 aliphatic carbocycles. The average Bonchev–Trinajstić information content (AvgIpc) is 3.38. The number of hydrogen-bond donors (Lipinski definition) is 0. The molecule has 0 radical (unpaired) electrons. The Bertz CT molecular complexity index is 1510. The van der Waals surface area contributed by atoms with Crippen LogP contribution in [0.1, 0.15) is 27.7 Å². The predicted molar refractivity (Wildman–Crippen MR) is 148 cm³/mol. The van der Waals surface area contributed by atoms with Gasteiger partial charge in [-0.2, -0.15) is 0 Å². The number of nitrogens with zero attached hydrogens (tertiary/aromatic N) is 2. The second-order valence-electron chi connectivity index (χ2n) is 10.4. The maximum atomic E-state index is 6.22. The molecule has 2 heterocycles. The SMILES string of the molecule is CC1(C)OB(c2ccc(-c3ccc4c(c3)nc(-c3ccccc3)n4-c3ccccc3)cc2)OC1(C)C. The molecule has 36 heavy (non-hydrogen) atoms. The van der Waals surface area contributed by atoms with Crippen LogP contribution in [0.15, 0.2) is 103 Å². The van der Waals surface area contributed by atoms with Crippen molar-refractivity contribution in [2.24, 2.45) is 0 Å². The molecule has 0 atom stereocenters. The van der Waals surface area contributed by atoms with E-state index in [0.29, 0.717) is 0 Å². The summed E-state index contributed by atoms with van der Waals surface area (Å²) in [5.74, 6) is 0.935. The topological polar surface area (TPSA) is 36.3 Å². The smallest absolute Gasteiger partial charge is 0.399 e. The Morgan fingerprint density at radius 3 is 1.86 bits per heavy atom. The van der Waals surface area contributed by atoms with Crippen molar-refractivity contribution < 1.29 is 9.31 Å². The van der Waals surface area contributed by atoms with Crippen LogP contribution in [0.4, 0.5) is 0 Å². The van der Waals surface area contributed by atoms with Gasteiger partial charge in [-0.25, -0.2) is 4.98 Å². The molecule has 0 N–H and O–H groups in total. The van der Waals surface area contributed by atoms with Crippen LogP contribution in [0.3, 0.4) is 0 Å². The predicted octanol–water partition coefficient (Wildman–Crippen LogP) is 6.66. The zero-order chi connectivity index (χ0) is 24.9. The Labute approximate surface area is 212 Å². The van der Waals surface area contributed by atoms with Crippen LogP contribution in [0.5, 0.6) is 0 Å². The molecule has 4 aromatic carbocycles. The third-order valence-electron chi connectivity index (χ3n) is 7.47. The van der Waals surface area contributed by atoms with Crippen molar-refractivity contribution in [1.82, 2.24) is 9.55 Å². The zero-order valence-electron chi connectivity index (χ0n) is 21.1. The van der Waals surface area contributed by atoms with E-state index in [9.17, 15) is 0 Å². The fourth-order valence-electron chi connectivity index (χ4n) is 4.69. The van der Waals surface area contributed by atoms with Crippen molar-refractivity contribution in [3.8, 4) is 28.2 Å². The van der Waals surface area contributed by atoms with Crippen LogP contribution < -0.4 is 5.46 Å². The minimum Gasteiger partial charge on any atom is -0.399 e. The minimum absolute atomic E-state index is 0.352. The summed E-state index contributed by atoms with van der Waals surface area (Å²) in [6.07, 6.45) is 0. The number of imidazole rings is 1. The maximum Gasteiger partial charge on any atom is 0.494 e. The molecule has 1 saturated heterocycles. The third kappa shape index (κ3) is 3.85. The summed E-state index contributed by atoms with van der Waals surface area (Å²) < 4.78 is 14.7. The first kappa shape index (κ1) is 22.8. The van der Waals surface area contributed by atoms with E-state index in [2.05, 4.69) is 123 Å². The van der Waals surface area contributed by atoms with Gasteiger partial charge in [-0.05, 0) is 68.6 Å². The first-order valence-electron chi connectivity index (χ1n) is 12.4. The summed E-state index contributed by atoms with van der Waals surface area (Å²) >= 11 is 0. The zero-order valence-corrected chi connectivity index (χ0v) is 21.1. The van der Waals surface area contributed by atoms with Gasteiger partial charge in [-0.15, -0.1) is 0 Å². The van der Waals surface area contributed by atoms with Gasteiger partial charge in [0.2, 0.25) is 0 Å². The normalized spacial score (nSPS) is 16.5. The van der Waals surface area contributed by atoms with E-state index in [0.717, 1.165) is 44.7 Å². The largest absolute Gasteiger partial charge is 0.494 e. The van der Waals surface area contributed by atoms with Gasteiger partial charge in [0.15, 0.2) is 0 Å². The van der Waals surface area contributed by atoms with Gasteiger partial charge >= 0.3 is 7.12 Å². The third-order valence-corrected chi connectivity index (χ3v) is 7.47. The first-order valence-corrected chi connectivity index (χ1v) is 12.4. The monoisotopic (exact) mass is 472 g/mol. The van der Waals surface area contributed by atoms with Crippen LogP contribution in [-0.2, 0) is 9.31 Å². The molecule has 178 valence electrons. The van der Waals surface area contributed by atoms with E-state index in [4.69, 9.17) is 14.3 Å². The molecule has 5 heteroatoms. The van der Waals surface area contributed by atoms with Gasteiger partial charge in [0.25, 0.3) is 0 Å². The van der Waals surface area contributed by atoms with Gasteiger partial charge in [0.05, 0.1) is 22.2 Å². The summed E-state index contributed by atoms with van der Waals surface area (Å²) in [4.78, 5) is 5.08. The van der Waals surface area contributed by atoms with E-state index in [1.165, 1.54) is 0 Å². The van der Waals surface area contributed by atoms with Gasteiger partial charge in [-0.3, -0.25) is 4.57 Å². The first-order chi connectivity index (χ1) is 17.3. The van der Waals surface area contributed by atoms with E-state index in [1.807, 2.05) is 12.1 Å². The molecule has 1 aliphatic rings. The lowest BCUT2D eigenvalue weighted by molar-refractivity contribution is 0.00578. The number of para-hydroxylation sites is 1. The average molecular weight is 472 g/mol. The van der Waals surface area contributed by atoms with Gasteiger partial charge in [0.1, 0.15) is 5.82 Å². The molecule has 1 fully saturated rings. The Hall–Kier alpha value is -3.67. The second-order valence-corrected chi connectivity index (χ2v) is 10.4. The molecule has 1 aromatic heterocycles. The molecule has 6 rings (SSSR count). The molecule has 0 spiro atoms. The molecule has 0 unspecified atom stereocenters. The lowest BCUT2D eigenvalue weighted by Gasteiger charge is -2.32. The van der Waals surface area contributed by atoms with E-state index >= 15 is 0 Å². The van der Waals surface area contributed by atoms with Crippen LogP contribution in [-0.4, -0.2) is 27.9 Å². The van der Waals surface area contributed by atoms with Crippen molar-refractivity contribution in [2.75, 3.05) is 0 Å². The highest BCUT2D eigenvalue weighted by atomic mass is 16.7. The summed E-state index contributed by atoms with van der Waals surface area (Å²) in [6.45, 7) is 8.31. The number of hydrogen-bond acceptors (Lipinski definition) is 3. The Morgan fingerprint density at radius 2 is 1.22 bits per heavy atom. The molecular formula is C31H29BN2O2. The number of rotatable bonds is 4. The quantitative estimate of drug-likeness (QED) is 0.275. The van der Waals surface area contributed by atoms with Gasteiger partial charge in [-0.1, -0.05) is 78.9 Å². The molecular weight excluding hydrogens is 443 g/mol. The van der Waals surface area contributed by atoms with E-state index in [1.54, 1.807) is 0 Å². The van der Waals surface area contributed by atoms with Crippen LogP contribution in [0.2, 0.25) is 0 Å². The number of benzene rings is 4. The molecule has 4 nitrogen and oxygen atoms in total. The van der Waals surface area contributed by atoms with Crippen molar-refractivity contribution in [1.29, 1.82) is 0 Å². The Kier molecular flexibility index (Phi) is 5.36. The summed E-state index contributed by atoms with van der Waals surface area (Å²) in [7, 11) is -0.360. The standard InChI is InChI=1S/C31H29BN2O2/c1-30(2)31(3,4)36-32(35-30)25-18-15-22(16-19-25)24-17-20-28-27(21-24)33-29(23-11-7-5-8-12-23)34(28)26-13-9-6-10-14-26/h5-21H,1-4H3. The van der Waals surface area contributed by atoms with Crippen molar-refractivity contribution in [3.63, 3.8) is 0 Å². The lowest BCUT2D eigenvalue weighted by Crippen LogP contribution is -2.41. The highest BCUT2D eigenvalue weighted by Gasteiger charge is 2.51. The van der Waals surface area contributed by atoms with Gasteiger partial charge < -0.3 is 9.31 Å². The molecule has 0 bridgehead atoms. The summed E-state index contributed by atoms with van der Waals surface area (Å²) in [6, 6.07) is 35.7. The Balaban J connectivity index is 1.38. The highest BCUT2D eigenvalue weighted by Crippen LogP contribution is 2.37. The number of aromatic nitrogens is 2. The fourth-order valence-corrected chi connectivity index (χ4v) is 4.69. The summed E-state index contributed by atoms with van der Waals surface area (Å²) in [5, 5.41) is 0. The summed E-state index contributed by atoms with van der Waals surface area (Å²) in [5.41, 5.74) is 6.81. The lowest BCUT2D eigenvalue weighted by atomic mass is 9.78. The van der Waals surface area contributed by atoms with Crippen LogP contribution in [0.25, 0.3) is 39.2 Å². The molecule has 5 aromatic rings. The van der Waals surface area contributed by atoms with Crippen molar-refractivity contribution >= 4 is 23.6 Å². The van der Waals surface area contributed by atoms with Crippen molar-refractivity contribution in [3.05, 3.63) is 103 Å². The molecule has 0 saturated carbocycles. The van der Waals surface area contributed by atoms with Gasteiger partial charge in [0, 0.05) is 11.3 Å². The number of fused-ring (bicyclic) bond motifs is 1. The van der Waals surface area contributed by atoms with Crippen molar-refractivity contribution in [2.45, 2.75) is 38.9 Å².